The number of nitrogens with two attached hydrogens (primary N) is 1. The Balaban J connectivity index is 1.49. The third-order valence-electron chi connectivity index (χ3n) is 6.58. The second-order valence-corrected chi connectivity index (χ2v) is 9.22. The fourth-order valence-corrected chi connectivity index (χ4v) is 4.73. The summed E-state index contributed by atoms with van der Waals surface area (Å²) in [7, 11) is 1.71. The fourth-order valence-electron chi connectivity index (χ4n) is 4.73. The van der Waals surface area contributed by atoms with Crippen molar-refractivity contribution in [1.82, 2.24) is 4.90 Å². The fraction of sp³-hybridized carbons (Fsp3) is 0.379. The van der Waals surface area contributed by atoms with Crippen molar-refractivity contribution >= 4 is 0 Å². The summed E-state index contributed by atoms with van der Waals surface area (Å²) in [5.41, 5.74) is 11.2. The predicted octanol–water partition coefficient (Wildman–Crippen LogP) is 5.85. The lowest BCUT2D eigenvalue weighted by Crippen LogP contribution is -2.40. The van der Waals surface area contributed by atoms with Gasteiger partial charge < -0.3 is 15.2 Å². The maximum atomic E-state index is 6.20. The summed E-state index contributed by atoms with van der Waals surface area (Å²) < 4.78 is 11.7. The number of methoxy groups -OCH3 is 1. The second kappa shape index (κ2) is 11.4. The molecular formula is C29H36N2O2. The van der Waals surface area contributed by atoms with E-state index in [2.05, 4.69) is 60.4 Å². The zero-order valence-electron chi connectivity index (χ0n) is 19.9. The highest BCUT2D eigenvalue weighted by Crippen LogP contribution is 2.31. The molecule has 4 heteroatoms. The van der Waals surface area contributed by atoms with E-state index in [1.807, 2.05) is 24.3 Å². The van der Waals surface area contributed by atoms with Crippen molar-refractivity contribution in [3.8, 4) is 11.5 Å². The van der Waals surface area contributed by atoms with Crippen molar-refractivity contribution in [3.05, 3.63) is 95.1 Å². The zero-order chi connectivity index (χ0) is 23.0. The monoisotopic (exact) mass is 444 g/mol. The zero-order valence-corrected chi connectivity index (χ0v) is 19.9. The van der Waals surface area contributed by atoms with Crippen LogP contribution in [0, 0.1) is 6.92 Å². The Morgan fingerprint density at radius 3 is 2.18 bits per heavy atom. The minimum absolute atomic E-state index is 0.350. The molecule has 4 nitrogen and oxygen atoms in total. The molecule has 33 heavy (non-hydrogen) atoms. The summed E-state index contributed by atoms with van der Waals surface area (Å²) in [6.45, 7) is 4.50. The standard InChI is InChI=1S/C29H36N2O2/c1-22-7-6-10-24(17-22)19-31(27-14-12-26(30)13-15-27)20-25-11-16-28(29(18-25)32-2)33-21-23-8-4-3-5-9-23/h3-11,16-18,26-27H,12-15,19-21,30H2,1-2H3. The van der Waals surface area contributed by atoms with E-state index in [1.54, 1.807) is 7.11 Å². The molecule has 1 fully saturated rings. The molecule has 1 aliphatic rings. The molecule has 0 heterocycles. The lowest BCUT2D eigenvalue weighted by atomic mass is 9.90. The second-order valence-electron chi connectivity index (χ2n) is 9.22. The van der Waals surface area contributed by atoms with Crippen LogP contribution < -0.4 is 15.2 Å². The number of hydrogen-bond acceptors (Lipinski definition) is 4. The highest BCUT2D eigenvalue weighted by Gasteiger charge is 2.25. The normalized spacial score (nSPS) is 18.3. The predicted molar refractivity (Wildman–Crippen MR) is 134 cm³/mol. The molecular weight excluding hydrogens is 408 g/mol. The van der Waals surface area contributed by atoms with E-state index in [-0.39, 0.29) is 0 Å². The van der Waals surface area contributed by atoms with Crippen LogP contribution in [0.2, 0.25) is 0 Å². The van der Waals surface area contributed by atoms with Crippen LogP contribution >= 0.6 is 0 Å². The molecule has 1 saturated carbocycles. The van der Waals surface area contributed by atoms with E-state index >= 15 is 0 Å². The first-order valence-corrected chi connectivity index (χ1v) is 12.0. The van der Waals surface area contributed by atoms with Crippen LogP contribution in [0.4, 0.5) is 0 Å². The largest absolute Gasteiger partial charge is 0.493 e. The van der Waals surface area contributed by atoms with E-state index in [1.165, 1.54) is 16.7 Å². The molecule has 1 aliphatic carbocycles. The van der Waals surface area contributed by atoms with Gasteiger partial charge in [-0.3, -0.25) is 4.90 Å². The van der Waals surface area contributed by atoms with Gasteiger partial charge in [-0.1, -0.05) is 66.2 Å². The van der Waals surface area contributed by atoms with Crippen molar-refractivity contribution in [1.29, 1.82) is 0 Å². The van der Waals surface area contributed by atoms with Crippen molar-refractivity contribution in [3.63, 3.8) is 0 Å². The van der Waals surface area contributed by atoms with Gasteiger partial charge in [0.1, 0.15) is 6.61 Å². The van der Waals surface area contributed by atoms with Gasteiger partial charge in [0.15, 0.2) is 11.5 Å². The van der Waals surface area contributed by atoms with Gasteiger partial charge in [0.25, 0.3) is 0 Å². The van der Waals surface area contributed by atoms with Gasteiger partial charge in [0.05, 0.1) is 7.11 Å². The van der Waals surface area contributed by atoms with Gasteiger partial charge in [-0.05, 0) is 61.4 Å². The molecule has 2 N–H and O–H groups in total. The van der Waals surface area contributed by atoms with Crippen molar-refractivity contribution < 1.29 is 9.47 Å². The Bertz CT molecular complexity index is 1010. The van der Waals surface area contributed by atoms with Gasteiger partial charge in [0, 0.05) is 25.2 Å². The molecule has 0 bridgehead atoms. The average Bonchev–Trinajstić information content (AvgIpc) is 2.84. The highest BCUT2D eigenvalue weighted by molar-refractivity contribution is 5.43. The molecule has 0 aromatic heterocycles. The van der Waals surface area contributed by atoms with Crippen molar-refractivity contribution in [2.75, 3.05) is 7.11 Å². The highest BCUT2D eigenvalue weighted by atomic mass is 16.5. The first-order chi connectivity index (χ1) is 16.1. The van der Waals surface area contributed by atoms with E-state index in [0.29, 0.717) is 18.7 Å². The number of benzene rings is 3. The van der Waals surface area contributed by atoms with Crippen LogP contribution in [0.5, 0.6) is 11.5 Å². The van der Waals surface area contributed by atoms with Gasteiger partial charge >= 0.3 is 0 Å². The summed E-state index contributed by atoms with van der Waals surface area (Å²) in [6, 6.07) is 26.3. The molecule has 0 spiro atoms. The molecule has 0 amide bonds. The molecule has 3 aromatic carbocycles. The minimum Gasteiger partial charge on any atom is -0.493 e. The van der Waals surface area contributed by atoms with Crippen LogP contribution in [0.3, 0.4) is 0 Å². The Morgan fingerprint density at radius 1 is 0.788 bits per heavy atom. The third kappa shape index (κ3) is 6.59. The molecule has 0 radical (unpaired) electrons. The number of aryl methyl sites for hydroxylation is 1. The molecule has 0 atom stereocenters. The maximum absolute atomic E-state index is 6.20. The summed E-state index contributed by atoms with van der Waals surface area (Å²) >= 11 is 0. The number of rotatable bonds is 9. The van der Waals surface area contributed by atoms with E-state index < -0.39 is 0 Å². The lowest BCUT2D eigenvalue weighted by Gasteiger charge is -2.36. The molecule has 0 saturated heterocycles. The molecule has 0 unspecified atom stereocenters. The Morgan fingerprint density at radius 2 is 1.48 bits per heavy atom. The smallest absolute Gasteiger partial charge is 0.161 e. The molecule has 3 aromatic rings. The number of hydrogen-bond donors (Lipinski definition) is 1. The average molecular weight is 445 g/mol. The minimum atomic E-state index is 0.350. The summed E-state index contributed by atoms with van der Waals surface area (Å²) in [4.78, 5) is 2.61. The first-order valence-electron chi connectivity index (χ1n) is 12.0. The van der Waals surface area contributed by atoms with Crippen LogP contribution in [-0.4, -0.2) is 24.1 Å². The van der Waals surface area contributed by atoms with Gasteiger partial charge in [0.2, 0.25) is 0 Å². The van der Waals surface area contributed by atoms with E-state index in [0.717, 1.165) is 55.8 Å². The Labute approximate surface area is 198 Å². The van der Waals surface area contributed by atoms with Crippen LogP contribution in [0.1, 0.15) is 47.9 Å². The van der Waals surface area contributed by atoms with Crippen molar-refractivity contribution in [2.45, 2.75) is 64.4 Å². The van der Waals surface area contributed by atoms with Gasteiger partial charge in [-0.25, -0.2) is 0 Å². The molecule has 0 aliphatic heterocycles. The number of nitrogens with zero attached hydrogens (tertiary/aromatic N) is 1. The Kier molecular flexibility index (Phi) is 8.03. The Hall–Kier alpha value is -2.82. The van der Waals surface area contributed by atoms with Gasteiger partial charge in [-0.15, -0.1) is 0 Å². The van der Waals surface area contributed by atoms with E-state index in [4.69, 9.17) is 15.2 Å². The lowest BCUT2D eigenvalue weighted by molar-refractivity contribution is 0.134. The maximum Gasteiger partial charge on any atom is 0.161 e. The topological polar surface area (TPSA) is 47.7 Å². The number of ether oxygens (including phenoxy) is 2. The van der Waals surface area contributed by atoms with Crippen LogP contribution in [0.25, 0.3) is 0 Å². The SMILES string of the molecule is COc1cc(CN(Cc2cccc(C)c2)C2CCC(N)CC2)ccc1OCc1ccccc1. The van der Waals surface area contributed by atoms with Gasteiger partial charge in [-0.2, -0.15) is 0 Å². The molecule has 174 valence electrons. The van der Waals surface area contributed by atoms with E-state index in [9.17, 15) is 0 Å². The van der Waals surface area contributed by atoms with Crippen molar-refractivity contribution in [2.24, 2.45) is 5.73 Å². The summed E-state index contributed by atoms with van der Waals surface area (Å²) in [5, 5.41) is 0. The first kappa shape index (κ1) is 23.3. The van der Waals surface area contributed by atoms with Crippen LogP contribution in [0.15, 0.2) is 72.8 Å². The third-order valence-corrected chi connectivity index (χ3v) is 6.58. The quantitative estimate of drug-likeness (QED) is 0.449. The summed E-state index contributed by atoms with van der Waals surface area (Å²) in [6.07, 6.45) is 4.51. The summed E-state index contributed by atoms with van der Waals surface area (Å²) in [5.74, 6) is 1.56. The van der Waals surface area contributed by atoms with Crippen LogP contribution in [-0.2, 0) is 19.7 Å². The molecule has 4 rings (SSSR count).